The lowest BCUT2D eigenvalue weighted by atomic mass is 10.2. The molecule has 2 amide bonds. The van der Waals surface area contributed by atoms with Gasteiger partial charge in [-0.15, -0.1) is 0 Å². The molecule has 0 aliphatic rings. The monoisotopic (exact) mass is 379 g/mol. The number of hydrogen-bond donors (Lipinski definition) is 2. The minimum absolute atomic E-state index is 0.180. The zero-order chi connectivity index (χ0) is 18.1. The maximum absolute atomic E-state index is 11.6. The van der Waals surface area contributed by atoms with Crippen molar-refractivity contribution in [2.75, 3.05) is 13.2 Å². The van der Waals surface area contributed by atoms with Gasteiger partial charge in [0.25, 0.3) is 11.8 Å². The standard InChI is InChI=1S/C17H15Cl2N3O3/c18-13-7-6-12(15(19)8-13)9-21-22-16(23)10-20-17(24)11-25-14-4-2-1-3-5-14/h1-9H,10-11H2,(H,20,24)(H,22,23)/b21-9-. The van der Waals surface area contributed by atoms with Crippen LogP contribution >= 0.6 is 23.2 Å². The van der Waals surface area contributed by atoms with E-state index in [4.69, 9.17) is 27.9 Å². The molecule has 0 spiro atoms. The number of ether oxygens (including phenoxy) is 1. The van der Waals surface area contributed by atoms with Gasteiger partial charge in [0.2, 0.25) is 0 Å². The number of rotatable bonds is 7. The molecule has 2 aromatic rings. The van der Waals surface area contributed by atoms with Gasteiger partial charge in [0.1, 0.15) is 5.75 Å². The van der Waals surface area contributed by atoms with Gasteiger partial charge >= 0.3 is 0 Å². The number of hydrogen-bond acceptors (Lipinski definition) is 4. The highest BCUT2D eigenvalue weighted by molar-refractivity contribution is 6.36. The first-order valence-corrected chi connectivity index (χ1v) is 8.01. The second-order valence-electron chi connectivity index (χ2n) is 4.84. The molecule has 2 rings (SSSR count). The maximum atomic E-state index is 11.6. The van der Waals surface area contributed by atoms with Crippen LogP contribution in [0.3, 0.4) is 0 Å². The van der Waals surface area contributed by atoms with Crippen LogP contribution < -0.4 is 15.5 Å². The second kappa shape index (κ2) is 9.66. The number of carbonyl (C=O) groups is 2. The van der Waals surface area contributed by atoms with Crippen LogP contribution in [-0.2, 0) is 9.59 Å². The number of benzene rings is 2. The topological polar surface area (TPSA) is 79.8 Å². The quantitative estimate of drug-likeness (QED) is 0.573. The molecule has 0 radical (unpaired) electrons. The average Bonchev–Trinajstić information content (AvgIpc) is 2.61. The highest BCUT2D eigenvalue weighted by Gasteiger charge is 2.06. The number of carbonyl (C=O) groups excluding carboxylic acids is 2. The van der Waals surface area contributed by atoms with Gasteiger partial charge in [0.15, 0.2) is 6.61 Å². The molecule has 6 nitrogen and oxygen atoms in total. The van der Waals surface area contributed by atoms with E-state index < -0.39 is 11.8 Å². The summed E-state index contributed by atoms with van der Waals surface area (Å²) in [7, 11) is 0. The Morgan fingerprint density at radius 1 is 1.08 bits per heavy atom. The molecule has 2 aromatic carbocycles. The van der Waals surface area contributed by atoms with Crippen molar-refractivity contribution >= 4 is 41.2 Å². The van der Waals surface area contributed by atoms with E-state index in [0.29, 0.717) is 21.4 Å². The fraction of sp³-hybridized carbons (Fsp3) is 0.118. The summed E-state index contributed by atoms with van der Waals surface area (Å²) in [6.45, 7) is -0.399. The number of nitrogens with zero attached hydrogens (tertiary/aromatic N) is 1. The molecule has 0 aromatic heterocycles. The highest BCUT2D eigenvalue weighted by atomic mass is 35.5. The van der Waals surface area contributed by atoms with Crippen molar-refractivity contribution in [2.45, 2.75) is 0 Å². The van der Waals surface area contributed by atoms with Crippen LogP contribution in [0.25, 0.3) is 0 Å². The smallest absolute Gasteiger partial charge is 0.259 e. The molecule has 0 aliphatic carbocycles. The van der Waals surface area contributed by atoms with Gasteiger partial charge in [-0.3, -0.25) is 9.59 Å². The summed E-state index contributed by atoms with van der Waals surface area (Å²) in [5.74, 6) is -0.315. The normalized spacial score (nSPS) is 10.5. The van der Waals surface area contributed by atoms with Gasteiger partial charge in [0, 0.05) is 10.6 Å². The molecule has 0 saturated carbocycles. The Kier molecular flexibility index (Phi) is 7.25. The van der Waals surface area contributed by atoms with Crippen molar-refractivity contribution in [3.05, 3.63) is 64.1 Å². The minimum Gasteiger partial charge on any atom is -0.484 e. The van der Waals surface area contributed by atoms with Crippen LogP contribution in [0.5, 0.6) is 5.75 Å². The summed E-state index contributed by atoms with van der Waals surface area (Å²) in [5, 5.41) is 7.12. The number of amides is 2. The highest BCUT2D eigenvalue weighted by Crippen LogP contribution is 2.19. The Hall–Kier alpha value is -2.57. The van der Waals surface area contributed by atoms with Crippen LogP contribution in [-0.4, -0.2) is 31.2 Å². The summed E-state index contributed by atoms with van der Waals surface area (Å²) >= 11 is 11.8. The predicted octanol–water partition coefficient (Wildman–Crippen LogP) is 2.64. The van der Waals surface area contributed by atoms with Crippen LogP contribution in [0.15, 0.2) is 53.6 Å². The fourth-order valence-electron chi connectivity index (χ4n) is 1.72. The number of para-hydroxylation sites is 1. The van der Waals surface area contributed by atoms with Gasteiger partial charge in [0.05, 0.1) is 17.8 Å². The average molecular weight is 380 g/mol. The summed E-state index contributed by atoms with van der Waals surface area (Å²) in [6, 6.07) is 13.8. The van der Waals surface area contributed by atoms with E-state index in [2.05, 4.69) is 15.8 Å². The van der Waals surface area contributed by atoms with Crippen LogP contribution in [0.4, 0.5) is 0 Å². The zero-order valence-electron chi connectivity index (χ0n) is 13.0. The summed E-state index contributed by atoms with van der Waals surface area (Å²) in [6.07, 6.45) is 1.39. The molecular weight excluding hydrogens is 365 g/mol. The van der Waals surface area contributed by atoms with Gasteiger partial charge in [-0.2, -0.15) is 5.10 Å². The largest absolute Gasteiger partial charge is 0.484 e. The molecule has 2 N–H and O–H groups in total. The van der Waals surface area contributed by atoms with E-state index in [1.165, 1.54) is 6.21 Å². The zero-order valence-corrected chi connectivity index (χ0v) is 14.6. The molecule has 8 heteroatoms. The van der Waals surface area contributed by atoms with Gasteiger partial charge in [-0.25, -0.2) is 5.43 Å². The molecule has 130 valence electrons. The third kappa shape index (κ3) is 6.82. The van der Waals surface area contributed by atoms with E-state index in [1.807, 2.05) is 6.07 Å². The number of halogens is 2. The first-order chi connectivity index (χ1) is 12.0. The van der Waals surface area contributed by atoms with E-state index in [-0.39, 0.29) is 13.2 Å². The summed E-state index contributed by atoms with van der Waals surface area (Å²) in [5.41, 5.74) is 2.89. The fourth-order valence-corrected chi connectivity index (χ4v) is 2.17. The number of nitrogens with one attached hydrogen (secondary N) is 2. The predicted molar refractivity (Wildman–Crippen MR) is 97.1 cm³/mol. The van der Waals surface area contributed by atoms with Gasteiger partial charge in [-0.05, 0) is 24.3 Å². The molecular formula is C17H15Cl2N3O3. The van der Waals surface area contributed by atoms with Crippen molar-refractivity contribution in [1.29, 1.82) is 0 Å². The Morgan fingerprint density at radius 3 is 2.56 bits per heavy atom. The molecule has 0 unspecified atom stereocenters. The van der Waals surface area contributed by atoms with E-state index in [1.54, 1.807) is 42.5 Å². The lowest BCUT2D eigenvalue weighted by Gasteiger charge is -2.06. The third-order valence-corrected chi connectivity index (χ3v) is 3.48. The van der Waals surface area contributed by atoms with Crippen molar-refractivity contribution in [3.63, 3.8) is 0 Å². The Balaban J connectivity index is 1.69. The van der Waals surface area contributed by atoms with Crippen LogP contribution in [0.1, 0.15) is 5.56 Å². The second-order valence-corrected chi connectivity index (χ2v) is 5.68. The van der Waals surface area contributed by atoms with Crippen LogP contribution in [0.2, 0.25) is 10.0 Å². The Labute approximate surface area is 154 Å². The lowest BCUT2D eigenvalue weighted by Crippen LogP contribution is -2.37. The minimum atomic E-state index is -0.477. The summed E-state index contributed by atoms with van der Waals surface area (Å²) in [4.78, 5) is 23.2. The SMILES string of the molecule is O=C(COc1ccccc1)NCC(=O)N/N=C\c1ccc(Cl)cc1Cl. The Morgan fingerprint density at radius 2 is 1.84 bits per heavy atom. The molecule has 0 saturated heterocycles. The van der Waals surface area contributed by atoms with Crippen molar-refractivity contribution < 1.29 is 14.3 Å². The first-order valence-electron chi connectivity index (χ1n) is 7.26. The molecule has 0 atom stereocenters. The van der Waals surface area contributed by atoms with Crippen molar-refractivity contribution in [2.24, 2.45) is 5.10 Å². The van der Waals surface area contributed by atoms with Crippen LogP contribution in [0, 0.1) is 0 Å². The summed E-state index contributed by atoms with van der Waals surface area (Å²) < 4.78 is 5.26. The molecule has 0 fully saturated rings. The van der Waals surface area contributed by atoms with E-state index >= 15 is 0 Å². The molecule has 0 aliphatic heterocycles. The maximum Gasteiger partial charge on any atom is 0.259 e. The molecule has 25 heavy (non-hydrogen) atoms. The lowest BCUT2D eigenvalue weighted by molar-refractivity contribution is -0.127. The first kappa shape index (κ1) is 18.8. The van der Waals surface area contributed by atoms with E-state index in [0.717, 1.165) is 0 Å². The van der Waals surface area contributed by atoms with E-state index in [9.17, 15) is 9.59 Å². The van der Waals surface area contributed by atoms with Crippen molar-refractivity contribution in [1.82, 2.24) is 10.7 Å². The third-order valence-electron chi connectivity index (χ3n) is 2.91. The molecule has 0 heterocycles. The molecule has 0 bridgehead atoms. The van der Waals surface area contributed by atoms with Gasteiger partial charge in [-0.1, -0.05) is 47.5 Å². The van der Waals surface area contributed by atoms with Gasteiger partial charge < -0.3 is 10.1 Å². The van der Waals surface area contributed by atoms with Crippen molar-refractivity contribution in [3.8, 4) is 5.75 Å². The number of hydrazone groups is 1. The Bertz CT molecular complexity index is 767.